The molecule has 0 saturated heterocycles. The zero-order valence-corrected chi connectivity index (χ0v) is 11.6. The summed E-state index contributed by atoms with van der Waals surface area (Å²) in [6.45, 7) is 4.38. The minimum Gasteiger partial charge on any atom is -0.303 e. The number of rotatable bonds is 3. The summed E-state index contributed by atoms with van der Waals surface area (Å²) in [7, 11) is 4.22. The van der Waals surface area contributed by atoms with Gasteiger partial charge < -0.3 is 4.90 Å². The Labute approximate surface area is 110 Å². The van der Waals surface area contributed by atoms with Crippen LogP contribution in [-0.4, -0.2) is 19.0 Å². The zero-order chi connectivity index (χ0) is 13.1. The van der Waals surface area contributed by atoms with Crippen LogP contribution in [0.3, 0.4) is 0 Å². The topological polar surface area (TPSA) is 3.24 Å². The number of hydrogen-bond donors (Lipinski definition) is 0. The van der Waals surface area contributed by atoms with Crippen LogP contribution in [0.4, 0.5) is 0 Å². The number of benzene rings is 2. The van der Waals surface area contributed by atoms with Crippen molar-refractivity contribution in [1.82, 2.24) is 4.90 Å². The van der Waals surface area contributed by atoms with Gasteiger partial charge in [-0.3, -0.25) is 0 Å². The van der Waals surface area contributed by atoms with Gasteiger partial charge >= 0.3 is 0 Å². The summed E-state index contributed by atoms with van der Waals surface area (Å²) in [5.41, 5.74) is 5.30. The molecule has 0 radical (unpaired) electrons. The molecule has 0 aliphatic rings. The number of hydrogen-bond acceptors (Lipinski definition) is 1. The molecule has 94 valence electrons. The van der Waals surface area contributed by atoms with Crippen LogP contribution in [0.1, 0.15) is 24.1 Å². The molecule has 0 spiro atoms. The molecule has 2 rings (SSSR count). The second-order valence-corrected chi connectivity index (χ2v) is 5.08. The fourth-order valence-electron chi connectivity index (χ4n) is 2.14. The van der Waals surface area contributed by atoms with E-state index in [4.69, 9.17) is 0 Å². The molecule has 18 heavy (non-hydrogen) atoms. The van der Waals surface area contributed by atoms with Crippen molar-refractivity contribution in [3.8, 4) is 11.1 Å². The van der Waals surface area contributed by atoms with E-state index in [-0.39, 0.29) is 0 Å². The molecule has 0 fully saturated rings. The van der Waals surface area contributed by atoms with Crippen LogP contribution in [0, 0.1) is 6.92 Å². The lowest BCUT2D eigenvalue weighted by Gasteiger charge is -2.20. The first-order valence-corrected chi connectivity index (χ1v) is 6.42. The predicted octanol–water partition coefficient (Wildman–Crippen LogP) is 4.28. The van der Waals surface area contributed by atoms with E-state index >= 15 is 0 Å². The van der Waals surface area contributed by atoms with Gasteiger partial charge in [0, 0.05) is 6.04 Å². The number of nitrogens with zero attached hydrogens (tertiary/aromatic N) is 1. The van der Waals surface area contributed by atoms with Crippen LogP contribution in [0.25, 0.3) is 11.1 Å². The largest absolute Gasteiger partial charge is 0.303 e. The maximum absolute atomic E-state index is 2.23. The van der Waals surface area contributed by atoms with Gasteiger partial charge in [-0.1, -0.05) is 48.5 Å². The van der Waals surface area contributed by atoms with Crippen molar-refractivity contribution in [2.75, 3.05) is 14.1 Å². The SMILES string of the molecule is Cc1ccccc1-c1ccc([C@@H](C)N(C)C)cc1. The van der Waals surface area contributed by atoms with E-state index in [1.54, 1.807) is 0 Å². The first-order valence-electron chi connectivity index (χ1n) is 6.42. The van der Waals surface area contributed by atoms with Crippen LogP contribution < -0.4 is 0 Å². The van der Waals surface area contributed by atoms with Gasteiger partial charge in [0.05, 0.1) is 0 Å². The van der Waals surface area contributed by atoms with Crippen molar-refractivity contribution in [2.24, 2.45) is 0 Å². The van der Waals surface area contributed by atoms with Crippen molar-refractivity contribution in [3.63, 3.8) is 0 Å². The Morgan fingerprint density at radius 1 is 0.889 bits per heavy atom. The summed E-state index contributed by atoms with van der Waals surface area (Å²) in [5, 5.41) is 0. The highest BCUT2D eigenvalue weighted by atomic mass is 15.1. The Morgan fingerprint density at radius 2 is 1.50 bits per heavy atom. The zero-order valence-electron chi connectivity index (χ0n) is 11.6. The Bertz CT molecular complexity index is 511. The van der Waals surface area contributed by atoms with Crippen molar-refractivity contribution >= 4 is 0 Å². The lowest BCUT2D eigenvalue weighted by atomic mass is 9.98. The molecule has 1 atom stereocenters. The lowest BCUT2D eigenvalue weighted by Crippen LogP contribution is -2.16. The molecule has 0 unspecified atom stereocenters. The summed E-state index contributed by atoms with van der Waals surface area (Å²) in [6, 6.07) is 17.9. The molecule has 2 aromatic carbocycles. The van der Waals surface area contributed by atoms with E-state index in [1.165, 1.54) is 22.3 Å². The van der Waals surface area contributed by atoms with Gasteiger partial charge in [-0.05, 0) is 50.2 Å². The second kappa shape index (κ2) is 5.36. The van der Waals surface area contributed by atoms with Crippen molar-refractivity contribution in [3.05, 3.63) is 59.7 Å². The van der Waals surface area contributed by atoms with Crippen molar-refractivity contribution < 1.29 is 0 Å². The quantitative estimate of drug-likeness (QED) is 0.772. The van der Waals surface area contributed by atoms with E-state index in [2.05, 4.69) is 81.4 Å². The molecule has 0 aromatic heterocycles. The van der Waals surface area contributed by atoms with Crippen molar-refractivity contribution in [1.29, 1.82) is 0 Å². The standard InChI is InChI=1S/C17H21N/c1-13-7-5-6-8-17(13)16-11-9-15(10-12-16)14(2)18(3)4/h5-12,14H,1-4H3/t14-/m1/s1. The molecule has 1 nitrogen and oxygen atoms in total. The predicted molar refractivity (Wildman–Crippen MR) is 78.7 cm³/mol. The summed E-state index contributed by atoms with van der Waals surface area (Å²) < 4.78 is 0. The summed E-state index contributed by atoms with van der Waals surface area (Å²) in [4.78, 5) is 2.22. The number of aryl methyl sites for hydroxylation is 1. The van der Waals surface area contributed by atoms with Gasteiger partial charge in [-0.15, -0.1) is 0 Å². The van der Waals surface area contributed by atoms with E-state index < -0.39 is 0 Å². The fourth-order valence-corrected chi connectivity index (χ4v) is 2.14. The average molecular weight is 239 g/mol. The van der Waals surface area contributed by atoms with Crippen LogP contribution in [0.2, 0.25) is 0 Å². The van der Waals surface area contributed by atoms with Gasteiger partial charge in [0.1, 0.15) is 0 Å². The average Bonchev–Trinajstić information content (AvgIpc) is 2.38. The molecule has 0 aliphatic carbocycles. The van der Waals surface area contributed by atoms with Crippen LogP contribution in [0.5, 0.6) is 0 Å². The Kier molecular flexibility index (Phi) is 3.83. The Hall–Kier alpha value is -1.60. The molecule has 0 amide bonds. The van der Waals surface area contributed by atoms with Gasteiger partial charge in [0.15, 0.2) is 0 Å². The monoisotopic (exact) mass is 239 g/mol. The second-order valence-electron chi connectivity index (χ2n) is 5.08. The van der Waals surface area contributed by atoms with Gasteiger partial charge in [0.2, 0.25) is 0 Å². The third-order valence-corrected chi connectivity index (χ3v) is 3.62. The van der Waals surface area contributed by atoms with Gasteiger partial charge in [-0.2, -0.15) is 0 Å². The van der Waals surface area contributed by atoms with E-state index in [1.807, 2.05) is 0 Å². The first-order chi connectivity index (χ1) is 8.59. The first kappa shape index (κ1) is 12.8. The van der Waals surface area contributed by atoms with Gasteiger partial charge in [0.25, 0.3) is 0 Å². The molecule has 0 bridgehead atoms. The molecule has 1 heteroatoms. The molecule has 0 saturated carbocycles. The van der Waals surface area contributed by atoms with Crippen LogP contribution in [-0.2, 0) is 0 Å². The Morgan fingerprint density at radius 3 is 2.06 bits per heavy atom. The molecule has 2 aromatic rings. The minimum atomic E-state index is 0.455. The summed E-state index contributed by atoms with van der Waals surface area (Å²) >= 11 is 0. The van der Waals surface area contributed by atoms with Crippen LogP contribution >= 0.6 is 0 Å². The summed E-state index contributed by atoms with van der Waals surface area (Å²) in [5.74, 6) is 0. The highest BCUT2D eigenvalue weighted by molar-refractivity contribution is 5.67. The van der Waals surface area contributed by atoms with Crippen molar-refractivity contribution in [2.45, 2.75) is 19.9 Å². The third-order valence-electron chi connectivity index (χ3n) is 3.62. The fraction of sp³-hybridized carbons (Fsp3) is 0.294. The highest BCUT2D eigenvalue weighted by Crippen LogP contribution is 2.25. The van der Waals surface area contributed by atoms with Crippen LogP contribution in [0.15, 0.2) is 48.5 Å². The molecule has 0 aliphatic heterocycles. The normalized spacial score (nSPS) is 12.7. The van der Waals surface area contributed by atoms with E-state index in [0.717, 1.165) is 0 Å². The lowest BCUT2D eigenvalue weighted by molar-refractivity contribution is 0.321. The third kappa shape index (κ3) is 2.62. The summed E-state index contributed by atoms with van der Waals surface area (Å²) in [6.07, 6.45) is 0. The van der Waals surface area contributed by atoms with E-state index in [0.29, 0.717) is 6.04 Å². The maximum Gasteiger partial charge on any atom is 0.0313 e. The molecule has 0 heterocycles. The smallest absolute Gasteiger partial charge is 0.0313 e. The maximum atomic E-state index is 2.23. The minimum absolute atomic E-state index is 0.455. The molecule has 0 N–H and O–H groups in total. The molecular formula is C17H21N. The van der Waals surface area contributed by atoms with E-state index in [9.17, 15) is 0 Å². The van der Waals surface area contributed by atoms with Gasteiger partial charge in [-0.25, -0.2) is 0 Å². The molecular weight excluding hydrogens is 218 g/mol. The Balaban J connectivity index is 2.31. The highest BCUT2D eigenvalue weighted by Gasteiger charge is 2.08.